The highest BCUT2D eigenvalue weighted by molar-refractivity contribution is 6.30. The number of benzene rings is 1. The second kappa shape index (κ2) is 6.30. The third kappa shape index (κ3) is 4.96. The summed E-state index contributed by atoms with van der Waals surface area (Å²) >= 11 is 5.80. The lowest BCUT2D eigenvalue weighted by molar-refractivity contribution is -0.111. The first kappa shape index (κ1) is 12.7. The number of carbonyl (C=O) groups excluding carboxylic acids is 1. The van der Waals surface area contributed by atoms with E-state index in [1.165, 1.54) is 6.08 Å². The lowest BCUT2D eigenvalue weighted by Gasteiger charge is -2.04. The number of hydrogen-bond acceptors (Lipinski definition) is 2. The second-order valence-corrected chi connectivity index (χ2v) is 4.10. The number of anilines is 1. The Kier molecular flexibility index (Phi) is 5.02. The van der Waals surface area contributed by atoms with E-state index in [1.54, 1.807) is 30.3 Å². The molecule has 0 aliphatic carbocycles. The van der Waals surface area contributed by atoms with Crippen molar-refractivity contribution in [2.45, 2.75) is 0 Å². The fraction of sp³-hybridized carbons (Fsp3) is 0.250. The molecule has 1 amide bonds. The molecule has 0 saturated heterocycles. The Balaban J connectivity index is 2.48. The van der Waals surface area contributed by atoms with Gasteiger partial charge in [0.2, 0.25) is 5.91 Å². The van der Waals surface area contributed by atoms with Gasteiger partial charge in [0.15, 0.2) is 0 Å². The third-order valence-electron chi connectivity index (χ3n) is 1.83. The van der Waals surface area contributed by atoms with Crippen LogP contribution >= 0.6 is 11.6 Å². The average Bonchev–Trinajstić information content (AvgIpc) is 2.16. The van der Waals surface area contributed by atoms with Crippen LogP contribution < -0.4 is 5.32 Å². The summed E-state index contributed by atoms with van der Waals surface area (Å²) in [5, 5.41) is 3.33. The van der Waals surface area contributed by atoms with Crippen molar-refractivity contribution in [2.24, 2.45) is 0 Å². The summed E-state index contributed by atoms with van der Waals surface area (Å²) in [6.07, 6.45) is 3.32. The van der Waals surface area contributed by atoms with Crippen LogP contribution in [-0.4, -0.2) is 31.4 Å². The minimum Gasteiger partial charge on any atom is -0.322 e. The Morgan fingerprint density at radius 3 is 2.88 bits per heavy atom. The maximum absolute atomic E-state index is 11.4. The number of rotatable bonds is 4. The second-order valence-electron chi connectivity index (χ2n) is 3.66. The van der Waals surface area contributed by atoms with E-state index in [9.17, 15) is 4.79 Å². The zero-order valence-corrected chi connectivity index (χ0v) is 10.2. The van der Waals surface area contributed by atoms with E-state index in [-0.39, 0.29) is 5.91 Å². The molecule has 0 saturated carbocycles. The van der Waals surface area contributed by atoms with Gasteiger partial charge in [0.25, 0.3) is 0 Å². The molecule has 1 rings (SSSR count). The molecule has 0 aliphatic heterocycles. The Bertz CT molecular complexity index is 388. The first-order chi connectivity index (χ1) is 7.58. The van der Waals surface area contributed by atoms with Crippen molar-refractivity contribution < 1.29 is 4.79 Å². The van der Waals surface area contributed by atoms with Crippen molar-refractivity contribution in [1.29, 1.82) is 0 Å². The van der Waals surface area contributed by atoms with E-state index < -0.39 is 0 Å². The first-order valence-electron chi connectivity index (χ1n) is 4.96. The van der Waals surface area contributed by atoms with Gasteiger partial charge in [0, 0.05) is 23.3 Å². The summed E-state index contributed by atoms with van der Waals surface area (Å²) in [5.74, 6) is -0.149. The molecule has 16 heavy (non-hydrogen) atoms. The number of hydrogen-bond donors (Lipinski definition) is 1. The molecule has 4 heteroatoms. The zero-order chi connectivity index (χ0) is 12.0. The van der Waals surface area contributed by atoms with Crippen molar-refractivity contribution in [1.82, 2.24) is 4.90 Å². The molecule has 86 valence electrons. The van der Waals surface area contributed by atoms with E-state index in [2.05, 4.69) is 5.32 Å². The van der Waals surface area contributed by atoms with Gasteiger partial charge in [-0.15, -0.1) is 0 Å². The molecule has 0 heterocycles. The Labute approximate surface area is 101 Å². The summed E-state index contributed by atoms with van der Waals surface area (Å²) in [6.45, 7) is 0.739. The van der Waals surface area contributed by atoms with E-state index in [4.69, 9.17) is 11.6 Å². The van der Waals surface area contributed by atoms with Gasteiger partial charge in [0.05, 0.1) is 0 Å². The quantitative estimate of drug-likeness (QED) is 0.817. The molecule has 0 unspecified atom stereocenters. The summed E-state index contributed by atoms with van der Waals surface area (Å²) in [7, 11) is 3.89. The minimum atomic E-state index is -0.149. The van der Waals surface area contributed by atoms with Crippen LogP contribution in [0.2, 0.25) is 5.02 Å². The Morgan fingerprint density at radius 1 is 1.50 bits per heavy atom. The van der Waals surface area contributed by atoms with E-state index in [1.807, 2.05) is 19.0 Å². The van der Waals surface area contributed by atoms with Crippen LogP contribution in [0.5, 0.6) is 0 Å². The fourth-order valence-electron chi connectivity index (χ4n) is 1.12. The number of likely N-dealkylation sites (N-methyl/N-ethyl adjacent to an activating group) is 1. The predicted molar refractivity (Wildman–Crippen MR) is 67.8 cm³/mol. The molecule has 0 fully saturated rings. The molecule has 0 aliphatic rings. The van der Waals surface area contributed by atoms with Gasteiger partial charge in [-0.2, -0.15) is 0 Å². The molecule has 1 aromatic rings. The number of nitrogens with one attached hydrogen (secondary N) is 1. The summed E-state index contributed by atoms with van der Waals surface area (Å²) in [5.41, 5.74) is 0.701. The van der Waals surface area contributed by atoms with Gasteiger partial charge in [-0.25, -0.2) is 0 Å². The normalized spacial score (nSPS) is 11.0. The van der Waals surface area contributed by atoms with Crippen molar-refractivity contribution in [2.75, 3.05) is 26.0 Å². The van der Waals surface area contributed by atoms with Crippen molar-refractivity contribution >= 4 is 23.2 Å². The molecule has 0 bridgehead atoms. The summed E-state index contributed by atoms with van der Waals surface area (Å²) in [6, 6.07) is 7.06. The number of halogens is 1. The molecule has 0 radical (unpaired) electrons. The highest BCUT2D eigenvalue weighted by Crippen LogP contribution is 2.14. The maximum Gasteiger partial charge on any atom is 0.248 e. The molecule has 1 aromatic carbocycles. The highest BCUT2D eigenvalue weighted by atomic mass is 35.5. The van der Waals surface area contributed by atoms with Crippen LogP contribution in [0.15, 0.2) is 36.4 Å². The largest absolute Gasteiger partial charge is 0.322 e. The van der Waals surface area contributed by atoms with Gasteiger partial charge in [-0.3, -0.25) is 4.79 Å². The SMILES string of the molecule is CN(C)CC=CC(=O)Nc1cccc(Cl)c1. The summed E-state index contributed by atoms with van der Waals surface area (Å²) in [4.78, 5) is 13.4. The number of nitrogens with zero attached hydrogens (tertiary/aromatic N) is 1. The number of amides is 1. The topological polar surface area (TPSA) is 32.3 Å². The molecule has 1 N–H and O–H groups in total. The summed E-state index contributed by atoms with van der Waals surface area (Å²) < 4.78 is 0. The smallest absolute Gasteiger partial charge is 0.248 e. The average molecular weight is 239 g/mol. The first-order valence-corrected chi connectivity index (χ1v) is 5.33. The van der Waals surface area contributed by atoms with Gasteiger partial charge in [-0.05, 0) is 32.3 Å². The molecule has 0 spiro atoms. The van der Waals surface area contributed by atoms with Crippen LogP contribution in [-0.2, 0) is 4.79 Å². The van der Waals surface area contributed by atoms with E-state index in [0.717, 1.165) is 6.54 Å². The lowest BCUT2D eigenvalue weighted by Crippen LogP contribution is -2.12. The standard InChI is InChI=1S/C12H15ClN2O/c1-15(2)8-4-7-12(16)14-11-6-3-5-10(13)9-11/h3-7,9H,8H2,1-2H3,(H,14,16). The third-order valence-corrected chi connectivity index (χ3v) is 2.07. The van der Waals surface area contributed by atoms with Gasteiger partial charge in [0.1, 0.15) is 0 Å². The van der Waals surface area contributed by atoms with Crippen LogP contribution in [0.3, 0.4) is 0 Å². The van der Waals surface area contributed by atoms with Gasteiger partial charge in [-0.1, -0.05) is 23.7 Å². The Morgan fingerprint density at radius 2 is 2.25 bits per heavy atom. The zero-order valence-electron chi connectivity index (χ0n) is 9.40. The van der Waals surface area contributed by atoms with E-state index in [0.29, 0.717) is 10.7 Å². The molecular formula is C12H15ClN2O. The minimum absolute atomic E-state index is 0.149. The molecule has 3 nitrogen and oxygen atoms in total. The van der Waals surface area contributed by atoms with Crippen LogP contribution in [0.25, 0.3) is 0 Å². The maximum atomic E-state index is 11.4. The van der Waals surface area contributed by atoms with Crippen molar-refractivity contribution in [3.05, 3.63) is 41.4 Å². The Hall–Kier alpha value is -1.32. The van der Waals surface area contributed by atoms with Gasteiger partial charge < -0.3 is 10.2 Å². The molecule has 0 aromatic heterocycles. The van der Waals surface area contributed by atoms with Crippen molar-refractivity contribution in [3.8, 4) is 0 Å². The fourth-order valence-corrected chi connectivity index (χ4v) is 1.31. The number of carbonyl (C=O) groups is 1. The van der Waals surface area contributed by atoms with Crippen LogP contribution in [0.1, 0.15) is 0 Å². The van der Waals surface area contributed by atoms with Crippen LogP contribution in [0.4, 0.5) is 5.69 Å². The highest BCUT2D eigenvalue weighted by Gasteiger charge is 1.97. The van der Waals surface area contributed by atoms with Crippen molar-refractivity contribution in [3.63, 3.8) is 0 Å². The lowest BCUT2D eigenvalue weighted by atomic mass is 10.3. The predicted octanol–water partition coefficient (Wildman–Crippen LogP) is 2.40. The van der Waals surface area contributed by atoms with E-state index >= 15 is 0 Å². The monoisotopic (exact) mass is 238 g/mol. The van der Waals surface area contributed by atoms with Crippen LogP contribution in [0, 0.1) is 0 Å². The molecular weight excluding hydrogens is 224 g/mol. The molecule has 0 atom stereocenters. The van der Waals surface area contributed by atoms with Gasteiger partial charge >= 0.3 is 0 Å².